The maximum absolute atomic E-state index is 12.8. The second-order valence-corrected chi connectivity index (χ2v) is 8.40. The molecule has 144 valence electrons. The molecule has 1 aliphatic heterocycles. The first-order chi connectivity index (χ1) is 13.0. The van der Waals surface area contributed by atoms with Gasteiger partial charge in [0.15, 0.2) is 0 Å². The molecule has 1 N–H and O–H groups in total. The Morgan fingerprint density at radius 1 is 0.889 bits per heavy atom. The molecule has 4 rings (SSSR count). The van der Waals surface area contributed by atoms with Crippen LogP contribution < -0.4 is 5.32 Å². The van der Waals surface area contributed by atoms with Crippen molar-refractivity contribution in [3.8, 4) is 0 Å². The molecular formula is C22H28N2O3. The Balaban J connectivity index is 1.34. The van der Waals surface area contributed by atoms with E-state index in [2.05, 4.69) is 5.32 Å². The summed E-state index contributed by atoms with van der Waals surface area (Å²) in [6.45, 7) is 2.02. The molecule has 3 aliphatic rings. The summed E-state index contributed by atoms with van der Waals surface area (Å²) in [7, 11) is 0. The molecule has 5 nitrogen and oxygen atoms in total. The van der Waals surface area contributed by atoms with Gasteiger partial charge >= 0.3 is 0 Å². The van der Waals surface area contributed by atoms with Crippen LogP contribution in [-0.4, -0.2) is 28.7 Å². The van der Waals surface area contributed by atoms with Crippen LogP contribution in [0.5, 0.6) is 0 Å². The van der Waals surface area contributed by atoms with Crippen LogP contribution in [0.4, 0.5) is 5.69 Å². The number of nitrogens with zero attached hydrogens (tertiary/aromatic N) is 1. The zero-order chi connectivity index (χ0) is 19.0. The summed E-state index contributed by atoms with van der Waals surface area (Å²) in [5.41, 5.74) is 1.98. The molecule has 1 aromatic rings. The van der Waals surface area contributed by atoms with E-state index < -0.39 is 0 Å². The number of anilines is 1. The summed E-state index contributed by atoms with van der Waals surface area (Å²) in [5, 5.41) is 3.00. The Labute approximate surface area is 160 Å². The molecule has 3 fully saturated rings. The Morgan fingerprint density at radius 2 is 1.44 bits per heavy atom. The van der Waals surface area contributed by atoms with Gasteiger partial charge in [0.05, 0.1) is 11.8 Å². The number of aryl methyl sites for hydroxylation is 1. The zero-order valence-electron chi connectivity index (χ0n) is 15.9. The predicted octanol–water partition coefficient (Wildman–Crippen LogP) is 3.67. The topological polar surface area (TPSA) is 66.5 Å². The van der Waals surface area contributed by atoms with Crippen LogP contribution in [0.2, 0.25) is 0 Å². The molecule has 2 aliphatic carbocycles. The van der Waals surface area contributed by atoms with Gasteiger partial charge in [-0.15, -0.1) is 0 Å². The van der Waals surface area contributed by atoms with E-state index in [1.165, 1.54) is 0 Å². The van der Waals surface area contributed by atoms with Gasteiger partial charge in [0.2, 0.25) is 17.7 Å². The second-order valence-electron chi connectivity index (χ2n) is 8.40. The Morgan fingerprint density at radius 3 is 2.00 bits per heavy atom. The van der Waals surface area contributed by atoms with Gasteiger partial charge in [0, 0.05) is 17.6 Å². The van der Waals surface area contributed by atoms with Crippen molar-refractivity contribution < 1.29 is 14.4 Å². The van der Waals surface area contributed by atoms with Crippen LogP contribution in [0.25, 0.3) is 0 Å². The average molecular weight is 368 g/mol. The van der Waals surface area contributed by atoms with E-state index in [1.807, 2.05) is 31.2 Å². The number of carbonyl (C=O) groups is 3. The number of fused-ring (bicyclic) bond motifs is 1. The maximum Gasteiger partial charge on any atom is 0.233 e. The monoisotopic (exact) mass is 368 g/mol. The lowest BCUT2D eigenvalue weighted by Crippen LogP contribution is -2.43. The lowest BCUT2D eigenvalue weighted by molar-refractivity contribution is -0.143. The van der Waals surface area contributed by atoms with Gasteiger partial charge in [0.1, 0.15) is 0 Å². The van der Waals surface area contributed by atoms with Crippen molar-refractivity contribution in [1.29, 1.82) is 0 Å². The number of benzene rings is 1. The smallest absolute Gasteiger partial charge is 0.233 e. The number of likely N-dealkylation sites (tertiary alicyclic amines) is 1. The van der Waals surface area contributed by atoms with Crippen molar-refractivity contribution in [3.05, 3.63) is 29.8 Å². The molecule has 0 aromatic heterocycles. The molecule has 27 heavy (non-hydrogen) atoms. The van der Waals surface area contributed by atoms with Gasteiger partial charge < -0.3 is 5.32 Å². The summed E-state index contributed by atoms with van der Waals surface area (Å²) in [4.78, 5) is 39.7. The molecule has 0 unspecified atom stereocenters. The van der Waals surface area contributed by atoms with Crippen molar-refractivity contribution in [2.24, 2.45) is 17.8 Å². The van der Waals surface area contributed by atoms with E-state index in [0.717, 1.165) is 62.6 Å². The fourth-order valence-electron chi connectivity index (χ4n) is 5.03. The number of amides is 3. The fourth-order valence-corrected chi connectivity index (χ4v) is 5.03. The highest BCUT2D eigenvalue weighted by atomic mass is 16.2. The number of carbonyl (C=O) groups excluding carboxylic acids is 3. The number of hydrogen-bond donors (Lipinski definition) is 1. The van der Waals surface area contributed by atoms with Gasteiger partial charge in [-0.2, -0.15) is 0 Å². The summed E-state index contributed by atoms with van der Waals surface area (Å²) < 4.78 is 0. The van der Waals surface area contributed by atoms with Gasteiger partial charge in [-0.05, 0) is 57.6 Å². The summed E-state index contributed by atoms with van der Waals surface area (Å²) in [6.07, 6.45) is 6.77. The molecular weight excluding hydrogens is 340 g/mol. The Kier molecular flexibility index (Phi) is 5.02. The molecule has 1 aromatic carbocycles. The highest BCUT2D eigenvalue weighted by molar-refractivity contribution is 6.05. The molecule has 2 saturated carbocycles. The molecule has 0 spiro atoms. The lowest BCUT2D eigenvalue weighted by atomic mass is 9.81. The van der Waals surface area contributed by atoms with E-state index in [0.29, 0.717) is 0 Å². The standard InChI is InChI=1S/C22H28N2O3/c1-14-6-10-16(11-7-14)23-20(25)15-8-12-17(13-9-15)24-21(26)18-4-2-3-5-19(18)22(24)27/h6-7,10-11,15,17-19H,2-5,8-9,12-13H2,1H3,(H,23,25)/t15?,17?,18-,19-/m0/s1. The fraction of sp³-hybridized carbons (Fsp3) is 0.591. The highest BCUT2D eigenvalue weighted by Gasteiger charge is 2.50. The van der Waals surface area contributed by atoms with Crippen molar-refractivity contribution >= 4 is 23.4 Å². The second kappa shape index (κ2) is 7.45. The molecule has 1 saturated heterocycles. The van der Waals surface area contributed by atoms with Gasteiger partial charge in [-0.1, -0.05) is 30.5 Å². The molecule has 3 amide bonds. The SMILES string of the molecule is Cc1ccc(NC(=O)C2CCC(N3C(=O)[C@H]4CCCC[C@@H]4C3=O)CC2)cc1. The molecule has 1 heterocycles. The van der Waals surface area contributed by atoms with E-state index in [9.17, 15) is 14.4 Å². The van der Waals surface area contributed by atoms with E-state index in [1.54, 1.807) is 4.90 Å². The van der Waals surface area contributed by atoms with Crippen molar-refractivity contribution in [2.75, 3.05) is 5.32 Å². The lowest BCUT2D eigenvalue weighted by Gasteiger charge is -2.33. The molecule has 0 bridgehead atoms. The quantitative estimate of drug-likeness (QED) is 0.828. The first-order valence-electron chi connectivity index (χ1n) is 10.3. The molecule has 0 radical (unpaired) electrons. The van der Waals surface area contributed by atoms with Crippen molar-refractivity contribution in [2.45, 2.75) is 64.3 Å². The van der Waals surface area contributed by atoms with Crippen LogP contribution in [-0.2, 0) is 14.4 Å². The van der Waals surface area contributed by atoms with E-state index in [4.69, 9.17) is 0 Å². The van der Waals surface area contributed by atoms with Crippen LogP contribution >= 0.6 is 0 Å². The van der Waals surface area contributed by atoms with Crippen LogP contribution in [0.1, 0.15) is 56.9 Å². The van der Waals surface area contributed by atoms with Crippen LogP contribution in [0, 0.1) is 24.7 Å². The minimum Gasteiger partial charge on any atom is -0.326 e. The summed E-state index contributed by atoms with van der Waals surface area (Å²) >= 11 is 0. The minimum atomic E-state index is -0.0752. The molecule has 2 atom stereocenters. The number of hydrogen-bond acceptors (Lipinski definition) is 3. The van der Waals surface area contributed by atoms with Crippen molar-refractivity contribution in [3.63, 3.8) is 0 Å². The number of imide groups is 1. The van der Waals surface area contributed by atoms with Crippen molar-refractivity contribution in [1.82, 2.24) is 4.90 Å². The van der Waals surface area contributed by atoms with Crippen LogP contribution in [0.3, 0.4) is 0 Å². The minimum absolute atomic E-state index is 0.0148. The summed E-state index contributed by atoms with van der Waals surface area (Å²) in [5.74, 6) is -0.0418. The third-order valence-corrected chi connectivity index (χ3v) is 6.63. The van der Waals surface area contributed by atoms with E-state index >= 15 is 0 Å². The van der Waals surface area contributed by atoms with E-state index in [-0.39, 0.29) is 41.5 Å². The van der Waals surface area contributed by atoms with Gasteiger partial charge in [-0.25, -0.2) is 0 Å². The number of rotatable bonds is 3. The normalized spacial score (nSPS) is 30.9. The molecule has 5 heteroatoms. The Bertz CT molecular complexity index is 710. The first-order valence-corrected chi connectivity index (χ1v) is 10.3. The highest BCUT2D eigenvalue weighted by Crippen LogP contribution is 2.41. The van der Waals surface area contributed by atoms with Gasteiger partial charge in [0.25, 0.3) is 0 Å². The largest absolute Gasteiger partial charge is 0.326 e. The predicted molar refractivity (Wildman–Crippen MR) is 103 cm³/mol. The average Bonchev–Trinajstić information content (AvgIpc) is 2.95. The first kappa shape index (κ1) is 18.2. The van der Waals surface area contributed by atoms with Crippen LogP contribution in [0.15, 0.2) is 24.3 Å². The Hall–Kier alpha value is -2.17. The summed E-state index contributed by atoms with van der Waals surface area (Å²) in [6, 6.07) is 7.79. The maximum atomic E-state index is 12.8. The third-order valence-electron chi connectivity index (χ3n) is 6.63. The van der Waals surface area contributed by atoms with Gasteiger partial charge in [-0.3, -0.25) is 19.3 Å². The third kappa shape index (κ3) is 3.52. The number of nitrogens with one attached hydrogen (secondary N) is 1. The zero-order valence-corrected chi connectivity index (χ0v) is 15.9.